The second kappa shape index (κ2) is 4.13. The lowest BCUT2D eigenvalue weighted by molar-refractivity contribution is 0.223. The molecule has 0 aliphatic carbocycles. The second-order valence-corrected chi connectivity index (χ2v) is 1.76. The van der Waals surface area contributed by atoms with E-state index in [0.29, 0.717) is 0 Å². The van der Waals surface area contributed by atoms with Crippen LogP contribution < -0.4 is 0 Å². The van der Waals surface area contributed by atoms with Crippen LogP contribution in [0.5, 0.6) is 0 Å². The Kier molecular flexibility index (Phi) is 4.10. The van der Waals surface area contributed by atoms with Crippen molar-refractivity contribution in [1.29, 1.82) is 0 Å². The van der Waals surface area contributed by atoms with Gasteiger partial charge < -0.3 is 5.11 Å². The van der Waals surface area contributed by atoms with Gasteiger partial charge in [0.05, 0.1) is 6.10 Å². The van der Waals surface area contributed by atoms with Gasteiger partial charge in [0.15, 0.2) is 0 Å². The molecular weight excluding hydrogens is 88.1 g/mol. The summed E-state index contributed by atoms with van der Waals surface area (Å²) in [5, 5.41) is 8.63. The van der Waals surface area contributed by atoms with Gasteiger partial charge in [-0.3, -0.25) is 0 Å². The van der Waals surface area contributed by atoms with Crippen molar-refractivity contribution in [2.24, 2.45) is 0 Å². The summed E-state index contributed by atoms with van der Waals surface area (Å²) in [6, 6.07) is 0. The molecule has 1 heteroatoms. The summed E-state index contributed by atoms with van der Waals surface area (Å²) >= 11 is 0. The molecule has 0 aromatic rings. The average molecular weight is 101 g/mol. The van der Waals surface area contributed by atoms with Gasteiger partial charge >= 0.3 is 0 Å². The maximum absolute atomic E-state index is 8.63. The van der Waals surface area contributed by atoms with E-state index >= 15 is 0 Å². The van der Waals surface area contributed by atoms with Gasteiger partial charge in [-0.1, -0.05) is 13.3 Å². The zero-order chi connectivity index (χ0) is 5.70. The van der Waals surface area contributed by atoms with E-state index in [2.05, 4.69) is 6.92 Å². The van der Waals surface area contributed by atoms with Crippen LogP contribution >= 0.6 is 0 Å². The lowest BCUT2D eigenvalue weighted by atomic mass is 10.2. The predicted molar refractivity (Wildman–Crippen MR) is 30.9 cm³/mol. The first-order chi connectivity index (χ1) is 3.27. The molecule has 0 spiro atoms. The average Bonchev–Trinajstić information content (AvgIpc) is 1.61. The van der Waals surface area contributed by atoms with Crippen LogP contribution in [-0.4, -0.2) is 11.2 Å². The van der Waals surface area contributed by atoms with E-state index in [0.717, 1.165) is 12.8 Å². The summed E-state index contributed by atoms with van der Waals surface area (Å²) in [6.07, 6.45) is 3.84. The number of hydrogen-bond donors (Lipinski definition) is 1. The molecule has 0 fully saturated rings. The van der Waals surface area contributed by atoms with Crippen LogP contribution in [-0.2, 0) is 0 Å². The minimum atomic E-state index is -0.222. The fraction of sp³-hybridized carbons (Fsp3) is 0.833. The Labute approximate surface area is 45.4 Å². The summed E-state index contributed by atoms with van der Waals surface area (Å²) in [5.41, 5.74) is 0. The van der Waals surface area contributed by atoms with Crippen molar-refractivity contribution >= 4 is 0 Å². The van der Waals surface area contributed by atoms with Crippen molar-refractivity contribution in [3.05, 3.63) is 6.42 Å². The molecule has 1 unspecified atom stereocenters. The van der Waals surface area contributed by atoms with Gasteiger partial charge in [0.1, 0.15) is 0 Å². The molecule has 0 rings (SSSR count). The molecule has 0 heterocycles. The first kappa shape index (κ1) is 6.96. The molecule has 1 N–H and O–H groups in total. The number of hydrogen-bond acceptors (Lipinski definition) is 1. The minimum absolute atomic E-state index is 0.222. The quantitative estimate of drug-likeness (QED) is 0.569. The first-order valence-corrected chi connectivity index (χ1v) is 2.78. The molecule has 0 saturated carbocycles. The Morgan fingerprint density at radius 3 is 2.43 bits per heavy atom. The second-order valence-electron chi connectivity index (χ2n) is 1.76. The van der Waals surface area contributed by atoms with Crippen LogP contribution in [0.4, 0.5) is 0 Å². The molecule has 0 bridgehead atoms. The maximum Gasteiger partial charge on any atom is 0.0543 e. The van der Waals surface area contributed by atoms with Crippen LogP contribution in [0.15, 0.2) is 0 Å². The summed E-state index contributed by atoms with van der Waals surface area (Å²) in [4.78, 5) is 0. The SMILES string of the molecule is CCC[CH]C(C)O. The largest absolute Gasteiger partial charge is 0.393 e. The topological polar surface area (TPSA) is 20.2 Å². The van der Waals surface area contributed by atoms with Gasteiger partial charge in [0.2, 0.25) is 0 Å². The van der Waals surface area contributed by atoms with E-state index < -0.39 is 0 Å². The van der Waals surface area contributed by atoms with Crippen LogP contribution in [0.3, 0.4) is 0 Å². The Hall–Kier alpha value is -0.0400. The summed E-state index contributed by atoms with van der Waals surface area (Å²) in [5.74, 6) is 0. The lowest BCUT2D eigenvalue weighted by Crippen LogP contribution is -1.98. The third-order valence-corrected chi connectivity index (χ3v) is 0.796. The van der Waals surface area contributed by atoms with Crippen molar-refractivity contribution in [2.75, 3.05) is 0 Å². The molecule has 0 aromatic carbocycles. The molecule has 0 saturated heterocycles. The Balaban J connectivity index is 2.68. The summed E-state index contributed by atoms with van der Waals surface area (Å²) in [7, 11) is 0. The number of aliphatic hydroxyl groups excluding tert-OH is 1. The molecule has 0 aliphatic rings. The highest BCUT2D eigenvalue weighted by molar-refractivity contribution is 4.68. The number of rotatable bonds is 3. The number of aliphatic hydroxyl groups is 1. The first-order valence-electron chi connectivity index (χ1n) is 2.78. The summed E-state index contributed by atoms with van der Waals surface area (Å²) < 4.78 is 0. The van der Waals surface area contributed by atoms with Crippen molar-refractivity contribution in [1.82, 2.24) is 0 Å². The van der Waals surface area contributed by atoms with Crippen molar-refractivity contribution in [3.63, 3.8) is 0 Å². The van der Waals surface area contributed by atoms with Crippen LogP contribution in [0, 0.1) is 6.42 Å². The Morgan fingerprint density at radius 1 is 1.71 bits per heavy atom. The zero-order valence-electron chi connectivity index (χ0n) is 5.02. The standard InChI is InChI=1S/C6H13O/c1-3-4-5-6(2)7/h5-7H,3-4H2,1-2H3. The molecule has 0 amide bonds. The monoisotopic (exact) mass is 101 g/mol. The fourth-order valence-electron chi connectivity index (χ4n) is 0.408. The van der Waals surface area contributed by atoms with Gasteiger partial charge in [-0.25, -0.2) is 0 Å². The normalized spacial score (nSPS) is 14.1. The van der Waals surface area contributed by atoms with Crippen LogP contribution in [0.2, 0.25) is 0 Å². The highest BCUT2D eigenvalue weighted by Gasteiger charge is 1.90. The molecule has 0 aromatic heterocycles. The third kappa shape index (κ3) is 5.96. The highest BCUT2D eigenvalue weighted by atomic mass is 16.3. The lowest BCUT2D eigenvalue weighted by Gasteiger charge is -1.97. The molecule has 43 valence electrons. The van der Waals surface area contributed by atoms with Gasteiger partial charge in [-0.15, -0.1) is 0 Å². The van der Waals surface area contributed by atoms with E-state index in [9.17, 15) is 0 Å². The smallest absolute Gasteiger partial charge is 0.0543 e. The third-order valence-electron chi connectivity index (χ3n) is 0.796. The van der Waals surface area contributed by atoms with E-state index in [1.807, 2.05) is 6.42 Å². The van der Waals surface area contributed by atoms with E-state index in [1.165, 1.54) is 0 Å². The van der Waals surface area contributed by atoms with E-state index in [1.54, 1.807) is 6.92 Å². The van der Waals surface area contributed by atoms with Crippen molar-refractivity contribution in [3.8, 4) is 0 Å². The molecule has 1 atom stereocenters. The van der Waals surface area contributed by atoms with E-state index in [-0.39, 0.29) is 6.10 Å². The van der Waals surface area contributed by atoms with Crippen molar-refractivity contribution in [2.45, 2.75) is 32.8 Å². The van der Waals surface area contributed by atoms with Gasteiger partial charge in [-0.2, -0.15) is 0 Å². The van der Waals surface area contributed by atoms with Crippen LogP contribution in [0.1, 0.15) is 26.7 Å². The van der Waals surface area contributed by atoms with Gasteiger partial charge in [0, 0.05) is 0 Å². The van der Waals surface area contributed by atoms with Gasteiger partial charge in [0.25, 0.3) is 0 Å². The van der Waals surface area contributed by atoms with E-state index in [4.69, 9.17) is 5.11 Å². The molecule has 0 aliphatic heterocycles. The predicted octanol–water partition coefficient (Wildman–Crippen LogP) is 1.37. The molecule has 7 heavy (non-hydrogen) atoms. The summed E-state index contributed by atoms with van der Waals surface area (Å²) in [6.45, 7) is 3.87. The van der Waals surface area contributed by atoms with Crippen LogP contribution in [0.25, 0.3) is 0 Å². The van der Waals surface area contributed by atoms with Crippen molar-refractivity contribution < 1.29 is 5.11 Å². The maximum atomic E-state index is 8.63. The Morgan fingerprint density at radius 2 is 2.29 bits per heavy atom. The molecule has 1 radical (unpaired) electrons. The minimum Gasteiger partial charge on any atom is -0.393 e. The zero-order valence-corrected chi connectivity index (χ0v) is 5.02. The number of unbranched alkanes of at least 4 members (excludes halogenated alkanes) is 1. The highest BCUT2D eigenvalue weighted by Crippen LogP contribution is 1.95. The van der Waals surface area contributed by atoms with Gasteiger partial charge in [-0.05, 0) is 19.8 Å². The molecular formula is C6H13O. The Bertz CT molecular complexity index is 33.2. The molecule has 1 nitrogen and oxygen atoms in total. The fourth-order valence-corrected chi connectivity index (χ4v) is 0.408.